The zero-order valence-electron chi connectivity index (χ0n) is 13.5. The van der Waals surface area contributed by atoms with Gasteiger partial charge < -0.3 is 15.3 Å². The number of amides is 1. The quantitative estimate of drug-likeness (QED) is 0.525. The minimum absolute atomic E-state index is 0.0380. The van der Waals surface area contributed by atoms with Crippen LogP contribution in [0.25, 0.3) is 21.8 Å². The average Bonchev–Trinajstić information content (AvgIpc) is 3.18. The number of aromatic amines is 2. The molecule has 0 saturated heterocycles. The maximum absolute atomic E-state index is 12.4. The van der Waals surface area contributed by atoms with Crippen molar-refractivity contribution < 1.29 is 4.79 Å². The fourth-order valence-electron chi connectivity index (χ4n) is 3.25. The van der Waals surface area contributed by atoms with Gasteiger partial charge in [-0.3, -0.25) is 4.79 Å². The summed E-state index contributed by atoms with van der Waals surface area (Å²) in [5.74, 6) is -0.0380. The summed E-state index contributed by atoms with van der Waals surface area (Å²) in [4.78, 5) is 18.9. The molecule has 0 aliphatic rings. The van der Waals surface area contributed by atoms with Crippen molar-refractivity contribution in [2.75, 3.05) is 6.54 Å². The Morgan fingerprint density at radius 1 is 1.08 bits per heavy atom. The number of carbonyl (C=O) groups is 1. The van der Waals surface area contributed by atoms with Gasteiger partial charge in [0.1, 0.15) is 0 Å². The maximum atomic E-state index is 12.4. The number of aryl methyl sites for hydroxylation is 1. The van der Waals surface area contributed by atoms with E-state index in [2.05, 4.69) is 34.3 Å². The van der Waals surface area contributed by atoms with E-state index in [0.717, 1.165) is 22.8 Å². The van der Waals surface area contributed by atoms with Gasteiger partial charge in [-0.25, -0.2) is 0 Å². The van der Waals surface area contributed by atoms with E-state index in [4.69, 9.17) is 0 Å². The molecule has 0 radical (unpaired) electrons. The standard InChI is InChI=1S/C20H19N3O/c1-13-16(17-4-2-3-5-18(17)23-13)9-11-22-20(24)15-7-6-14-8-10-21-19(14)12-15/h2-8,10,12,21,23H,9,11H2,1H3,(H,22,24). The Labute approximate surface area is 139 Å². The van der Waals surface area contributed by atoms with Gasteiger partial charge in [0.05, 0.1) is 0 Å². The summed E-state index contributed by atoms with van der Waals surface area (Å²) in [7, 11) is 0. The van der Waals surface area contributed by atoms with Crippen LogP contribution in [0.2, 0.25) is 0 Å². The van der Waals surface area contributed by atoms with Crippen LogP contribution in [0.4, 0.5) is 0 Å². The summed E-state index contributed by atoms with van der Waals surface area (Å²) in [6, 6.07) is 16.0. The summed E-state index contributed by atoms with van der Waals surface area (Å²) >= 11 is 0. The molecule has 0 spiro atoms. The van der Waals surface area contributed by atoms with Crippen LogP contribution in [0.5, 0.6) is 0 Å². The molecule has 0 fully saturated rings. The molecule has 4 nitrogen and oxygen atoms in total. The molecule has 120 valence electrons. The highest BCUT2D eigenvalue weighted by Gasteiger charge is 2.10. The number of aromatic nitrogens is 2. The van der Waals surface area contributed by atoms with Crippen molar-refractivity contribution in [3.8, 4) is 0 Å². The molecule has 4 rings (SSSR count). The predicted octanol–water partition coefficient (Wildman–Crippen LogP) is 3.93. The van der Waals surface area contributed by atoms with Gasteiger partial charge in [0.25, 0.3) is 5.91 Å². The van der Waals surface area contributed by atoms with Gasteiger partial charge in [0.2, 0.25) is 0 Å². The number of hydrogen-bond donors (Lipinski definition) is 3. The van der Waals surface area contributed by atoms with Crippen molar-refractivity contribution in [1.82, 2.24) is 15.3 Å². The molecule has 2 aromatic heterocycles. The van der Waals surface area contributed by atoms with Gasteiger partial charge in [-0.05, 0) is 48.6 Å². The fourth-order valence-corrected chi connectivity index (χ4v) is 3.25. The van der Waals surface area contributed by atoms with Crippen LogP contribution < -0.4 is 5.32 Å². The molecule has 0 saturated carbocycles. The molecule has 0 unspecified atom stereocenters. The molecule has 1 amide bonds. The second-order valence-electron chi connectivity index (χ2n) is 6.06. The van der Waals surface area contributed by atoms with Gasteiger partial charge in [-0.15, -0.1) is 0 Å². The van der Waals surface area contributed by atoms with Crippen LogP contribution in [-0.2, 0) is 6.42 Å². The van der Waals surface area contributed by atoms with Crippen LogP contribution in [-0.4, -0.2) is 22.4 Å². The lowest BCUT2D eigenvalue weighted by Crippen LogP contribution is -2.25. The number of fused-ring (bicyclic) bond motifs is 2. The van der Waals surface area contributed by atoms with Crippen LogP contribution in [0, 0.1) is 6.92 Å². The van der Waals surface area contributed by atoms with Crippen molar-refractivity contribution in [1.29, 1.82) is 0 Å². The Hall–Kier alpha value is -3.01. The Morgan fingerprint density at radius 2 is 1.96 bits per heavy atom. The second-order valence-corrected chi connectivity index (χ2v) is 6.06. The summed E-state index contributed by atoms with van der Waals surface area (Å²) in [5.41, 5.74) is 5.24. The number of hydrogen-bond acceptors (Lipinski definition) is 1. The summed E-state index contributed by atoms with van der Waals surface area (Å²) in [5, 5.41) is 5.36. The predicted molar refractivity (Wildman–Crippen MR) is 97.4 cm³/mol. The molecule has 2 aromatic carbocycles. The number of carbonyl (C=O) groups excluding carboxylic acids is 1. The number of para-hydroxylation sites is 1. The number of rotatable bonds is 4. The molecule has 0 bridgehead atoms. The van der Waals surface area contributed by atoms with Crippen LogP contribution >= 0.6 is 0 Å². The highest BCUT2D eigenvalue weighted by atomic mass is 16.1. The minimum atomic E-state index is -0.0380. The number of H-pyrrole nitrogens is 2. The summed E-state index contributed by atoms with van der Waals surface area (Å²) < 4.78 is 0. The first-order valence-corrected chi connectivity index (χ1v) is 8.14. The van der Waals surface area contributed by atoms with Crippen LogP contribution in [0.15, 0.2) is 54.7 Å². The highest BCUT2D eigenvalue weighted by Crippen LogP contribution is 2.22. The molecule has 0 aliphatic heterocycles. The summed E-state index contributed by atoms with van der Waals surface area (Å²) in [6.07, 6.45) is 2.69. The highest BCUT2D eigenvalue weighted by molar-refractivity contribution is 5.97. The van der Waals surface area contributed by atoms with E-state index in [9.17, 15) is 4.79 Å². The summed E-state index contributed by atoms with van der Waals surface area (Å²) in [6.45, 7) is 2.70. The van der Waals surface area contributed by atoms with Crippen LogP contribution in [0.3, 0.4) is 0 Å². The molecule has 4 aromatic rings. The van der Waals surface area contributed by atoms with E-state index in [-0.39, 0.29) is 5.91 Å². The van der Waals surface area contributed by atoms with E-state index < -0.39 is 0 Å². The molecular formula is C20H19N3O. The van der Waals surface area contributed by atoms with E-state index in [1.165, 1.54) is 16.6 Å². The van der Waals surface area contributed by atoms with Gasteiger partial charge in [-0.2, -0.15) is 0 Å². The van der Waals surface area contributed by atoms with E-state index in [1.54, 1.807) is 0 Å². The van der Waals surface area contributed by atoms with Crippen molar-refractivity contribution in [3.63, 3.8) is 0 Å². The minimum Gasteiger partial charge on any atom is -0.361 e. The van der Waals surface area contributed by atoms with Crippen molar-refractivity contribution in [2.24, 2.45) is 0 Å². The third-order valence-electron chi connectivity index (χ3n) is 4.50. The Kier molecular flexibility index (Phi) is 3.58. The average molecular weight is 317 g/mol. The third kappa shape index (κ3) is 2.56. The second kappa shape index (κ2) is 5.89. The zero-order chi connectivity index (χ0) is 16.5. The van der Waals surface area contributed by atoms with Crippen molar-refractivity contribution in [2.45, 2.75) is 13.3 Å². The first-order chi connectivity index (χ1) is 11.7. The SMILES string of the molecule is Cc1[nH]c2ccccc2c1CCNC(=O)c1ccc2cc[nH]c2c1. The van der Waals surface area contributed by atoms with Crippen molar-refractivity contribution in [3.05, 3.63) is 71.5 Å². The van der Waals surface area contributed by atoms with E-state index >= 15 is 0 Å². The largest absolute Gasteiger partial charge is 0.361 e. The van der Waals surface area contributed by atoms with Gasteiger partial charge >= 0.3 is 0 Å². The maximum Gasteiger partial charge on any atom is 0.251 e. The molecule has 2 heterocycles. The van der Waals surface area contributed by atoms with Crippen LogP contribution in [0.1, 0.15) is 21.6 Å². The smallest absolute Gasteiger partial charge is 0.251 e. The lowest BCUT2D eigenvalue weighted by Gasteiger charge is -2.06. The first kappa shape index (κ1) is 14.6. The Bertz CT molecular complexity index is 1030. The molecule has 0 atom stereocenters. The molecule has 4 heteroatoms. The molecule has 24 heavy (non-hydrogen) atoms. The fraction of sp³-hybridized carbons (Fsp3) is 0.150. The molecule has 3 N–H and O–H groups in total. The Balaban J connectivity index is 1.46. The molecule has 0 aliphatic carbocycles. The lowest BCUT2D eigenvalue weighted by atomic mass is 10.1. The normalized spacial score (nSPS) is 11.2. The molecular weight excluding hydrogens is 298 g/mol. The topological polar surface area (TPSA) is 60.7 Å². The van der Waals surface area contributed by atoms with Crippen molar-refractivity contribution >= 4 is 27.7 Å². The van der Waals surface area contributed by atoms with Gasteiger partial charge in [-0.1, -0.05) is 24.3 Å². The first-order valence-electron chi connectivity index (χ1n) is 8.14. The van der Waals surface area contributed by atoms with E-state index in [1.807, 2.05) is 42.6 Å². The van der Waals surface area contributed by atoms with E-state index in [0.29, 0.717) is 12.1 Å². The lowest BCUT2D eigenvalue weighted by molar-refractivity contribution is 0.0954. The monoisotopic (exact) mass is 317 g/mol. The Morgan fingerprint density at radius 3 is 2.88 bits per heavy atom. The number of benzene rings is 2. The number of nitrogens with one attached hydrogen (secondary N) is 3. The zero-order valence-corrected chi connectivity index (χ0v) is 13.5. The third-order valence-corrected chi connectivity index (χ3v) is 4.50. The van der Waals surface area contributed by atoms with Gasteiger partial charge in [0.15, 0.2) is 0 Å². The van der Waals surface area contributed by atoms with Gasteiger partial charge in [0, 0.05) is 40.4 Å².